The highest BCUT2D eigenvalue weighted by Gasteiger charge is 2.58. The number of thiazole rings is 1. The summed E-state index contributed by atoms with van der Waals surface area (Å²) in [4.78, 5) is 50.2. The molecule has 0 bridgehead atoms. The first-order valence-electron chi connectivity index (χ1n) is 14.4. The average Bonchev–Trinajstić information content (AvgIpc) is 3.59. The highest BCUT2D eigenvalue weighted by molar-refractivity contribution is 7.11. The lowest BCUT2D eigenvalue weighted by Crippen LogP contribution is -2.55. The second kappa shape index (κ2) is 12.4. The predicted molar refractivity (Wildman–Crippen MR) is 160 cm³/mol. The van der Waals surface area contributed by atoms with Crippen LogP contribution in [0.2, 0.25) is 0 Å². The molecule has 3 unspecified atom stereocenters. The topological polar surface area (TPSA) is 124 Å². The lowest BCUT2D eigenvalue weighted by Gasteiger charge is -2.41. The fourth-order valence-corrected chi connectivity index (χ4v) is 6.77. The van der Waals surface area contributed by atoms with E-state index in [0.717, 1.165) is 0 Å². The van der Waals surface area contributed by atoms with E-state index in [-0.39, 0.29) is 48.9 Å². The summed E-state index contributed by atoms with van der Waals surface area (Å²) in [6.07, 6.45) is 2.55. The maximum absolute atomic E-state index is 15.5. The van der Waals surface area contributed by atoms with Crippen molar-refractivity contribution in [3.8, 4) is 0 Å². The number of hydrogen-bond acceptors (Lipinski definition) is 9. The van der Waals surface area contributed by atoms with Gasteiger partial charge in [0.2, 0.25) is 5.91 Å². The van der Waals surface area contributed by atoms with Crippen LogP contribution >= 0.6 is 11.3 Å². The maximum atomic E-state index is 15.5. The molecule has 0 aliphatic carbocycles. The number of carboxylic acid groups (broad SMARTS) is 1. The number of piperidine rings is 1. The number of nitrogens with zero attached hydrogens (tertiary/aromatic N) is 4. The summed E-state index contributed by atoms with van der Waals surface area (Å²) >= 11 is 1.25. The minimum atomic E-state index is -3.23. The number of carboxylic acids is 1. The van der Waals surface area contributed by atoms with Gasteiger partial charge < -0.3 is 20.1 Å². The number of rotatable bonds is 10. The van der Waals surface area contributed by atoms with Crippen molar-refractivity contribution in [3.05, 3.63) is 75.7 Å². The van der Waals surface area contributed by atoms with Gasteiger partial charge in [-0.2, -0.15) is 0 Å². The number of halogens is 3. The number of benzene rings is 1. The van der Waals surface area contributed by atoms with Crippen LogP contribution in [0.15, 0.2) is 58.7 Å². The third kappa shape index (κ3) is 6.39. The summed E-state index contributed by atoms with van der Waals surface area (Å²) in [6, 6.07) is 2.34. The van der Waals surface area contributed by atoms with Crippen LogP contribution < -0.4 is 5.32 Å². The molecule has 0 spiro atoms. The number of aliphatic carboxylic acids is 1. The van der Waals surface area contributed by atoms with Crippen LogP contribution in [-0.4, -0.2) is 88.3 Å². The number of likely N-dealkylation sites (tertiary alicyclic amines) is 2. The van der Waals surface area contributed by atoms with Crippen LogP contribution in [0.5, 0.6) is 0 Å². The zero-order valence-electron chi connectivity index (χ0n) is 25.1. The number of alkyl halides is 2. The first kappa shape index (κ1) is 32.4. The van der Waals surface area contributed by atoms with Crippen LogP contribution in [0, 0.1) is 24.1 Å². The van der Waals surface area contributed by atoms with Gasteiger partial charge in [-0.1, -0.05) is 24.8 Å². The second-order valence-corrected chi connectivity index (χ2v) is 13.0. The SMILES string of the molecule is C=CCOC(=O)C(C)(C)CN1CC2C(CC1=O)C(F)(F)CN2CC1=C(C(=O)O)C(c2cccc(F)c2C)N=C(c2nccs2)N1. The van der Waals surface area contributed by atoms with Crippen molar-refractivity contribution in [2.75, 3.05) is 32.8 Å². The summed E-state index contributed by atoms with van der Waals surface area (Å²) < 4.78 is 50.7. The molecule has 3 aliphatic rings. The summed E-state index contributed by atoms with van der Waals surface area (Å²) in [7, 11) is 0. The number of esters is 1. The Labute approximate surface area is 262 Å². The Kier molecular flexibility index (Phi) is 8.91. The highest BCUT2D eigenvalue weighted by Crippen LogP contribution is 2.44. The number of carbonyl (C=O) groups is 3. The molecule has 1 aromatic heterocycles. The van der Waals surface area contributed by atoms with E-state index in [1.807, 2.05) is 0 Å². The number of aliphatic imine (C=N–C) groups is 1. The van der Waals surface area contributed by atoms with Crippen molar-refractivity contribution >= 4 is 35.0 Å². The fourth-order valence-electron chi connectivity index (χ4n) is 6.18. The number of fused-ring (bicyclic) bond motifs is 1. The average molecular weight is 646 g/mol. The monoisotopic (exact) mass is 645 g/mol. The van der Waals surface area contributed by atoms with Gasteiger partial charge in [-0.05, 0) is 38.0 Å². The second-order valence-electron chi connectivity index (χ2n) is 12.1. The van der Waals surface area contributed by atoms with E-state index in [9.17, 15) is 23.9 Å². The minimum absolute atomic E-state index is 0.00262. The van der Waals surface area contributed by atoms with Gasteiger partial charge in [-0.15, -0.1) is 11.3 Å². The van der Waals surface area contributed by atoms with Gasteiger partial charge in [0.05, 0.1) is 23.5 Å². The van der Waals surface area contributed by atoms with Crippen molar-refractivity contribution in [1.82, 2.24) is 20.1 Å². The molecular formula is C31H34F3N5O5S. The molecule has 240 valence electrons. The van der Waals surface area contributed by atoms with E-state index < -0.39 is 66.0 Å². The summed E-state index contributed by atoms with van der Waals surface area (Å²) in [5.41, 5.74) is -0.662. The quantitative estimate of drug-likeness (QED) is 0.294. The number of amidine groups is 1. The largest absolute Gasteiger partial charge is 0.478 e. The molecule has 4 heterocycles. The molecule has 1 aromatic carbocycles. The van der Waals surface area contributed by atoms with Crippen LogP contribution in [0.4, 0.5) is 13.2 Å². The first-order valence-corrected chi connectivity index (χ1v) is 15.2. The van der Waals surface area contributed by atoms with Gasteiger partial charge in [0.1, 0.15) is 18.5 Å². The lowest BCUT2D eigenvalue weighted by atomic mass is 9.86. The van der Waals surface area contributed by atoms with Gasteiger partial charge in [-0.25, -0.2) is 22.9 Å². The van der Waals surface area contributed by atoms with Gasteiger partial charge in [-0.3, -0.25) is 19.5 Å². The Balaban J connectivity index is 1.49. The Morgan fingerprint density at radius 2 is 2.09 bits per heavy atom. The van der Waals surface area contributed by atoms with E-state index in [0.29, 0.717) is 10.6 Å². The molecule has 2 saturated heterocycles. The van der Waals surface area contributed by atoms with Crippen molar-refractivity contribution < 1.29 is 37.4 Å². The number of hydrogen-bond donors (Lipinski definition) is 2. The first-order chi connectivity index (χ1) is 21.2. The molecule has 2 N–H and O–H groups in total. The number of amides is 1. The molecule has 1 amide bonds. The summed E-state index contributed by atoms with van der Waals surface area (Å²) in [5.74, 6) is -7.22. The summed E-state index contributed by atoms with van der Waals surface area (Å²) in [5, 5.41) is 15.6. The van der Waals surface area contributed by atoms with Crippen LogP contribution in [-0.2, 0) is 19.1 Å². The molecule has 3 atom stereocenters. The van der Waals surface area contributed by atoms with E-state index >= 15 is 8.78 Å². The minimum Gasteiger partial charge on any atom is -0.478 e. The van der Waals surface area contributed by atoms with E-state index in [2.05, 4.69) is 21.9 Å². The predicted octanol–water partition coefficient (Wildman–Crippen LogP) is 3.94. The van der Waals surface area contributed by atoms with Crippen molar-refractivity contribution in [2.24, 2.45) is 16.3 Å². The zero-order chi connectivity index (χ0) is 32.7. The molecule has 2 fully saturated rings. The molecule has 3 aliphatic heterocycles. The van der Waals surface area contributed by atoms with Crippen molar-refractivity contribution in [2.45, 2.75) is 45.2 Å². The normalized spacial score (nSPS) is 23.3. The molecule has 0 saturated carbocycles. The zero-order valence-corrected chi connectivity index (χ0v) is 25.9. The fraction of sp³-hybridized carbons (Fsp3) is 0.452. The van der Waals surface area contributed by atoms with Crippen molar-refractivity contribution in [1.29, 1.82) is 0 Å². The van der Waals surface area contributed by atoms with Crippen LogP contribution in [0.1, 0.15) is 42.4 Å². The Bertz CT molecular complexity index is 1570. The lowest BCUT2D eigenvalue weighted by molar-refractivity contribution is -0.156. The van der Waals surface area contributed by atoms with Crippen LogP contribution in [0.3, 0.4) is 0 Å². The van der Waals surface area contributed by atoms with Crippen LogP contribution in [0.25, 0.3) is 0 Å². The molecular weight excluding hydrogens is 611 g/mol. The molecule has 10 nitrogen and oxygen atoms in total. The smallest absolute Gasteiger partial charge is 0.335 e. The van der Waals surface area contributed by atoms with Gasteiger partial charge in [0, 0.05) is 49.4 Å². The molecule has 2 aromatic rings. The number of aromatic nitrogens is 1. The molecule has 0 radical (unpaired) electrons. The van der Waals surface area contributed by atoms with E-state index in [4.69, 9.17) is 4.74 Å². The maximum Gasteiger partial charge on any atom is 0.335 e. The molecule has 5 rings (SSSR count). The standard InChI is InChI=1S/C31H34F3N5O5S/c1-5-10-44-29(43)30(3,4)15-39-14-22-19(12-23(39)40)31(33,34)16-38(22)13-21-24(28(41)42)25(18-7-6-8-20(32)17(18)2)37-26(36-21)27-35-9-11-45-27/h5-9,11,19,22,25H,1,10,12-16H2,2-4H3,(H,36,37)(H,41,42). The number of nitrogens with one attached hydrogen (secondary N) is 1. The number of ether oxygens (including phenoxy) is 1. The van der Waals surface area contributed by atoms with E-state index in [1.165, 1.54) is 46.3 Å². The summed E-state index contributed by atoms with van der Waals surface area (Å²) in [6.45, 7) is 7.19. The molecule has 14 heteroatoms. The number of carbonyl (C=O) groups excluding carboxylic acids is 2. The Morgan fingerprint density at radius 1 is 1.33 bits per heavy atom. The third-order valence-corrected chi connectivity index (χ3v) is 9.25. The third-order valence-electron chi connectivity index (χ3n) is 8.47. The van der Waals surface area contributed by atoms with Gasteiger partial charge in [0.25, 0.3) is 5.92 Å². The Morgan fingerprint density at radius 3 is 2.76 bits per heavy atom. The van der Waals surface area contributed by atoms with Crippen molar-refractivity contribution in [3.63, 3.8) is 0 Å². The van der Waals surface area contributed by atoms with E-state index in [1.54, 1.807) is 31.5 Å². The highest BCUT2D eigenvalue weighted by atomic mass is 32.1. The molecule has 45 heavy (non-hydrogen) atoms. The van der Waals surface area contributed by atoms with Gasteiger partial charge in [0.15, 0.2) is 10.8 Å². The van der Waals surface area contributed by atoms with Gasteiger partial charge >= 0.3 is 11.9 Å². The Hall–Kier alpha value is -4.04.